The molecule has 0 amide bonds. The van der Waals surface area contributed by atoms with Gasteiger partial charge in [0.15, 0.2) is 23.6 Å². The molecule has 18 heavy (non-hydrogen) atoms. The summed E-state index contributed by atoms with van der Waals surface area (Å²) >= 11 is 10.4. The summed E-state index contributed by atoms with van der Waals surface area (Å²) in [5.41, 5.74) is 4.42. The topological polar surface area (TPSA) is 37.3 Å². The third-order valence-electron chi connectivity index (χ3n) is 3.19. The Kier molecular flexibility index (Phi) is 5.94. The Hall–Kier alpha value is -0.270. The normalized spacial score (nSPS) is 11.1. The van der Waals surface area contributed by atoms with Crippen LogP contribution in [0.3, 0.4) is 0 Å². The number of rotatable bonds is 5. The van der Waals surface area contributed by atoms with Crippen molar-refractivity contribution in [2.24, 2.45) is 0 Å². The molecule has 0 spiro atoms. The van der Waals surface area contributed by atoms with E-state index in [2.05, 4.69) is 20.8 Å². The Balaban J connectivity index is 3.72. The predicted molar refractivity (Wildman–Crippen MR) is 87.3 cm³/mol. The van der Waals surface area contributed by atoms with Crippen molar-refractivity contribution in [1.82, 2.24) is 0 Å². The number of carbonyl (C=O) groups is 1. The Bertz CT molecular complexity index is 528. The number of benzene rings is 1. The number of hydrogen-bond donors (Lipinski definition) is 1. The Labute approximate surface area is 120 Å². The third kappa shape index (κ3) is 3.00. The van der Waals surface area contributed by atoms with Gasteiger partial charge in [-0.3, -0.25) is 4.79 Å². The van der Waals surface area contributed by atoms with Crippen LogP contribution in [0.1, 0.15) is 29.2 Å². The Morgan fingerprint density at radius 2 is 1.67 bits per heavy atom. The molecule has 0 aliphatic heterocycles. The summed E-state index contributed by atoms with van der Waals surface area (Å²) in [7, 11) is 0.439. The molecule has 0 fully saturated rings. The lowest BCUT2D eigenvalue weighted by Gasteiger charge is -2.12. The fourth-order valence-corrected chi connectivity index (χ4v) is 5.80. The molecule has 1 aromatic rings. The molecule has 0 radical (unpaired) electrons. The largest absolute Gasteiger partial charge is 0.481 e. The molecule has 1 rings (SSSR count). The average molecular weight is 318 g/mol. The van der Waals surface area contributed by atoms with Crippen LogP contribution in [0.4, 0.5) is 0 Å². The second-order valence-electron chi connectivity index (χ2n) is 4.09. The van der Waals surface area contributed by atoms with Crippen molar-refractivity contribution >= 4 is 54.9 Å². The van der Waals surface area contributed by atoms with Crippen LogP contribution in [0.2, 0.25) is 0 Å². The summed E-state index contributed by atoms with van der Waals surface area (Å²) < 4.78 is 0. The van der Waals surface area contributed by atoms with Gasteiger partial charge in [0.05, 0.1) is 6.42 Å². The number of aliphatic carboxylic acids is 1. The van der Waals surface area contributed by atoms with Crippen molar-refractivity contribution in [2.45, 2.75) is 33.6 Å². The van der Waals surface area contributed by atoms with Gasteiger partial charge in [-0.15, -0.1) is 0 Å². The lowest BCUT2D eigenvalue weighted by atomic mass is 9.94. The highest BCUT2D eigenvalue weighted by atomic mass is 32.4. The van der Waals surface area contributed by atoms with E-state index in [0.717, 1.165) is 28.2 Å². The molecule has 2 atom stereocenters. The van der Waals surface area contributed by atoms with E-state index in [1.807, 2.05) is 0 Å². The van der Waals surface area contributed by atoms with Crippen molar-refractivity contribution in [2.75, 3.05) is 0 Å². The number of carboxylic acid groups (broad SMARTS) is 1. The van der Waals surface area contributed by atoms with Gasteiger partial charge in [-0.25, -0.2) is 0 Å². The van der Waals surface area contributed by atoms with Gasteiger partial charge in [-0.05, 0) is 31.4 Å². The zero-order valence-corrected chi connectivity index (χ0v) is 14.2. The van der Waals surface area contributed by atoms with E-state index >= 15 is 0 Å². The van der Waals surface area contributed by atoms with Crippen LogP contribution in [0, 0.1) is 13.8 Å². The van der Waals surface area contributed by atoms with Gasteiger partial charge in [0.1, 0.15) is 0 Å². The molecule has 96 valence electrons. The second kappa shape index (κ2) is 6.77. The van der Waals surface area contributed by atoms with Gasteiger partial charge in [0.2, 0.25) is 25.3 Å². The van der Waals surface area contributed by atoms with Crippen LogP contribution in [0.25, 0.3) is 0 Å². The van der Waals surface area contributed by atoms with E-state index in [4.69, 9.17) is 28.7 Å². The zero-order chi connectivity index (χ0) is 13.9. The van der Waals surface area contributed by atoms with Crippen molar-refractivity contribution in [3.05, 3.63) is 22.3 Å². The molecule has 0 saturated heterocycles. The second-order valence-corrected chi connectivity index (χ2v) is 6.72. The fraction of sp³-hybridized carbons (Fsp3) is 0.417. The molecule has 0 aliphatic rings. The van der Waals surface area contributed by atoms with E-state index in [9.17, 15) is 4.79 Å². The van der Waals surface area contributed by atoms with Crippen molar-refractivity contribution in [1.29, 1.82) is 0 Å². The molecule has 2 nitrogen and oxygen atoms in total. The van der Waals surface area contributed by atoms with Crippen LogP contribution in [0.5, 0.6) is 0 Å². The van der Waals surface area contributed by atoms with Crippen molar-refractivity contribution < 1.29 is 9.90 Å². The number of hydrogen-bond acceptors (Lipinski definition) is 3. The predicted octanol–water partition coefficient (Wildman–Crippen LogP) is 2.02. The first-order valence-corrected chi connectivity index (χ1v) is 9.87. The van der Waals surface area contributed by atoms with Crippen LogP contribution >= 0.6 is 14.7 Å². The van der Waals surface area contributed by atoms with Gasteiger partial charge in [0.25, 0.3) is 0 Å². The maximum Gasteiger partial charge on any atom is 0.308 e. The highest BCUT2D eigenvalue weighted by Crippen LogP contribution is 2.22. The summed E-state index contributed by atoms with van der Waals surface area (Å²) in [4.78, 5) is 11.0. The maximum absolute atomic E-state index is 11.0. The minimum atomic E-state index is -0.805. The van der Waals surface area contributed by atoms with Crippen LogP contribution < -0.4 is 10.6 Å². The molecule has 2 unspecified atom stereocenters. The smallest absolute Gasteiger partial charge is 0.308 e. The van der Waals surface area contributed by atoms with E-state index < -0.39 is 5.97 Å². The first-order valence-electron chi connectivity index (χ1n) is 5.60. The molecule has 0 aliphatic carbocycles. The summed E-state index contributed by atoms with van der Waals surface area (Å²) in [5, 5.41) is 11.2. The van der Waals surface area contributed by atoms with Gasteiger partial charge < -0.3 is 5.11 Å². The number of carboxylic acids is 1. The first-order chi connectivity index (χ1) is 8.47. The summed E-state index contributed by atoms with van der Waals surface area (Å²) in [6, 6.07) is 0. The van der Waals surface area contributed by atoms with E-state index in [1.54, 1.807) is 0 Å². The molecular weight excluding hydrogens is 302 g/mol. The Morgan fingerprint density at radius 1 is 1.11 bits per heavy atom. The Morgan fingerprint density at radius 3 is 2.06 bits per heavy atom. The summed E-state index contributed by atoms with van der Waals surface area (Å²) in [6.45, 7) is 6.17. The van der Waals surface area contributed by atoms with E-state index in [1.165, 1.54) is 11.1 Å². The lowest BCUT2D eigenvalue weighted by Crippen LogP contribution is -2.26. The van der Waals surface area contributed by atoms with Gasteiger partial charge in [-0.2, -0.15) is 0 Å². The fourth-order valence-electron chi connectivity index (χ4n) is 2.19. The minimum absolute atomic E-state index is 0.0517. The highest BCUT2D eigenvalue weighted by Gasteiger charge is 2.27. The van der Waals surface area contributed by atoms with Crippen LogP contribution in [-0.2, 0) is 41.2 Å². The maximum atomic E-state index is 11.0. The van der Waals surface area contributed by atoms with Crippen LogP contribution in [0.15, 0.2) is 0 Å². The summed E-state index contributed by atoms with van der Waals surface area (Å²) in [6.07, 6.45) is 0.888. The molecule has 0 aromatic heterocycles. The van der Waals surface area contributed by atoms with Gasteiger partial charge in [0, 0.05) is 11.1 Å². The third-order valence-corrected chi connectivity index (χ3v) is 6.25. The van der Waals surface area contributed by atoms with Crippen molar-refractivity contribution in [3.8, 4) is 0 Å². The molecule has 1 N–H and O–H groups in total. The SMILES string of the molecule is CCc1c(C)c(C)c([PH+]=S)c([PH+]=S)c1CC(=O)O. The molecule has 6 heteroatoms. The summed E-state index contributed by atoms with van der Waals surface area (Å²) in [5.74, 6) is -0.805. The zero-order valence-electron chi connectivity index (χ0n) is 10.6. The van der Waals surface area contributed by atoms with Gasteiger partial charge >= 0.3 is 5.97 Å². The quantitative estimate of drug-likeness (QED) is 0.843. The molecule has 0 bridgehead atoms. The highest BCUT2D eigenvalue weighted by molar-refractivity contribution is 8.02. The van der Waals surface area contributed by atoms with Crippen molar-refractivity contribution in [3.63, 3.8) is 0 Å². The minimum Gasteiger partial charge on any atom is -0.481 e. The average Bonchev–Trinajstić information content (AvgIpc) is 2.33. The lowest BCUT2D eigenvalue weighted by molar-refractivity contribution is -0.136. The molecule has 0 heterocycles. The van der Waals surface area contributed by atoms with E-state index in [0.29, 0.717) is 0 Å². The molecule has 0 saturated carbocycles. The monoisotopic (exact) mass is 318 g/mol. The standard InChI is InChI=1S/C12H14O2P2S2/c1-4-8-6(2)7(3)11(15-17)12(16-18)9(8)5-10(13)14/h4-5H2,1-3H3,(H,13,14)/p+2. The van der Waals surface area contributed by atoms with E-state index in [-0.39, 0.29) is 21.1 Å². The molecular formula is C12H16O2P2S2+2. The first kappa shape index (κ1) is 15.8. The molecule has 1 aromatic carbocycles. The van der Waals surface area contributed by atoms with Gasteiger partial charge in [-0.1, -0.05) is 6.92 Å². The van der Waals surface area contributed by atoms with Crippen LogP contribution in [-0.4, -0.2) is 11.1 Å².